The molecular weight excluding hydrogens is 383 g/mol. The molecule has 0 saturated carbocycles. The fraction of sp³-hybridized carbons (Fsp3) is 0.158. The third kappa shape index (κ3) is 5.17. The van der Waals surface area contributed by atoms with Gasteiger partial charge in [-0.25, -0.2) is 4.39 Å². The van der Waals surface area contributed by atoms with E-state index < -0.39 is 17.0 Å². The van der Waals surface area contributed by atoms with Crippen LogP contribution in [-0.4, -0.2) is 35.6 Å². The summed E-state index contributed by atoms with van der Waals surface area (Å²) in [5.74, 6) is -0.596. The fourth-order valence-corrected chi connectivity index (χ4v) is 3.28. The molecule has 7 nitrogen and oxygen atoms in total. The number of anilines is 1. The van der Waals surface area contributed by atoms with E-state index in [2.05, 4.69) is 20.8 Å². The van der Waals surface area contributed by atoms with Gasteiger partial charge in [0, 0.05) is 6.42 Å². The molecule has 2 aromatic rings. The summed E-state index contributed by atoms with van der Waals surface area (Å²) in [5.41, 5.74) is 0.897. The molecule has 2 amide bonds. The zero-order valence-corrected chi connectivity index (χ0v) is 15.7. The molecule has 1 aliphatic heterocycles. The van der Waals surface area contributed by atoms with Gasteiger partial charge >= 0.3 is 0 Å². The Morgan fingerprint density at radius 2 is 2.04 bits per heavy atom. The Bertz CT molecular complexity index is 931. The lowest BCUT2D eigenvalue weighted by Crippen LogP contribution is -2.28. The normalized spacial score (nSPS) is 17.7. The molecule has 0 aliphatic carbocycles. The van der Waals surface area contributed by atoms with Gasteiger partial charge in [-0.05, 0) is 42.0 Å². The molecule has 1 aliphatic rings. The molecule has 1 saturated heterocycles. The van der Waals surface area contributed by atoms with Crippen molar-refractivity contribution >= 4 is 40.6 Å². The molecule has 1 heterocycles. The second-order valence-electron chi connectivity index (χ2n) is 5.75. The molecule has 2 aromatic carbocycles. The lowest BCUT2D eigenvalue weighted by molar-refractivity contribution is -0.122. The lowest BCUT2D eigenvalue weighted by atomic mass is 10.2. The van der Waals surface area contributed by atoms with Gasteiger partial charge < -0.3 is 15.4 Å². The van der Waals surface area contributed by atoms with Crippen LogP contribution in [0.2, 0.25) is 0 Å². The third-order valence-corrected chi connectivity index (χ3v) is 4.84. The summed E-state index contributed by atoms with van der Waals surface area (Å²) in [6.45, 7) is 0. The Hall–Kier alpha value is -3.20. The predicted octanol–water partition coefficient (Wildman–Crippen LogP) is 2.78. The van der Waals surface area contributed by atoms with Gasteiger partial charge in [0.25, 0.3) is 0 Å². The van der Waals surface area contributed by atoms with Crippen molar-refractivity contribution in [2.45, 2.75) is 11.7 Å². The molecule has 9 heteroatoms. The topological polar surface area (TPSA) is 92.2 Å². The molecule has 0 unspecified atom stereocenters. The average Bonchev–Trinajstić information content (AvgIpc) is 3.03. The van der Waals surface area contributed by atoms with E-state index in [1.807, 2.05) is 12.1 Å². The molecular formula is C19H17FN4O3S. The number of thioether (sulfide) groups is 1. The number of carbonyl (C=O) groups is 2. The number of hydrogen-bond acceptors (Lipinski definition) is 6. The number of hydrogen-bond donors (Lipinski definition) is 2. The molecule has 0 spiro atoms. The maximum Gasteiger partial charge on any atom is 0.240 e. The maximum absolute atomic E-state index is 13.6. The predicted molar refractivity (Wildman–Crippen MR) is 107 cm³/mol. The Morgan fingerprint density at radius 3 is 2.75 bits per heavy atom. The van der Waals surface area contributed by atoms with Gasteiger partial charge in [0.1, 0.15) is 16.8 Å². The van der Waals surface area contributed by atoms with Crippen LogP contribution in [0.3, 0.4) is 0 Å². The fourth-order valence-electron chi connectivity index (χ4n) is 2.36. The van der Waals surface area contributed by atoms with E-state index in [4.69, 9.17) is 4.74 Å². The SMILES string of the molecule is COc1ccc(/C=N\N=C2/NC(=O)[C@H](CC(=O)Nc3ccccc3F)S2)cc1. The highest BCUT2D eigenvalue weighted by Crippen LogP contribution is 2.23. The van der Waals surface area contributed by atoms with Crippen molar-refractivity contribution in [1.82, 2.24) is 5.32 Å². The average molecular weight is 400 g/mol. The Balaban J connectivity index is 1.55. The zero-order valence-electron chi connectivity index (χ0n) is 14.9. The highest BCUT2D eigenvalue weighted by atomic mass is 32.2. The number of benzene rings is 2. The molecule has 144 valence electrons. The first kappa shape index (κ1) is 19.6. The molecule has 1 fully saturated rings. The number of rotatable bonds is 6. The summed E-state index contributed by atoms with van der Waals surface area (Å²) in [6.07, 6.45) is 1.43. The van der Waals surface area contributed by atoms with Crippen LogP contribution >= 0.6 is 11.8 Å². The van der Waals surface area contributed by atoms with Crippen LogP contribution in [0, 0.1) is 5.82 Å². The number of nitrogens with one attached hydrogen (secondary N) is 2. The van der Waals surface area contributed by atoms with E-state index in [1.54, 1.807) is 25.3 Å². The van der Waals surface area contributed by atoms with Crippen molar-refractivity contribution in [3.8, 4) is 5.75 Å². The van der Waals surface area contributed by atoms with Gasteiger partial charge in [-0.2, -0.15) is 5.10 Å². The number of carbonyl (C=O) groups excluding carboxylic acids is 2. The maximum atomic E-state index is 13.6. The van der Waals surface area contributed by atoms with E-state index in [1.165, 1.54) is 24.4 Å². The second kappa shape index (κ2) is 9.14. The van der Waals surface area contributed by atoms with Crippen molar-refractivity contribution in [3.63, 3.8) is 0 Å². The summed E-state index contributed by atoms with van der Waals surface area (Å²) in [6, 6.07) is 13.1. The first-order chi connectivity index (χ1) is 13.5. The van der Waals surface area contributed by atoms with E-state index in [9.17, 15) is 14.0 Å². The summed E-state index contributed by atoms with van der Waals surface area (Å²) in [5, 5.41) is 12.6. The Morgan fingerprint density at radius 1 is 1.29 bits per heavy atom. The molecule has 0 radical (unpaired) electrons. The van der Waals surface area contributed by atoms with Crippen molar-refractivity contribution in [2.24, 2.45) is 10.2 Å². The molecule has 3 rings (SSSR count). The summed E-state index contributed by atoms with van der Waals surface area (Å²) >= 11 is 1.10. The van der Waals surface area contributed by atoms with Gasteiger partial charge in [-0.1, -0.05) is 23.9 Å². The number of methoxy groups -OCH3 is 1. The van der Waals surface area contributed by atoms with Crippen LogP contribution in [0.15, 0.2) is 58.7 Å². The van der Waals surface area contributed by atoms with Crippen molar-refractivity contribution in [1.29, 1.82) is 0 Å². The first-order valence-corrected chi connectivity index (χ1v) is 9.20. The van der Waals surface area contributed by atoms with Crippen LogP contribution in [-0.2, 0) is 9.59 Å². The largest absolute Gasteiger partial charge is 0.497 e. The number of ether oxygens (including phenoxy) is 1. The minimum Gasteiger partial charge on any atom is -0.497 e. The number of para-hydroxylation sites is 1. The summed E-state index contributed by atoms with van der Waals surface area (Å²) in [4.78, 5) is 24.1. The van der Waals surface area contributed by atoms with Crippen molar-refractivity contribution < 1.29 is 18.7 Å². The minimum absolute atomic E-state index is 0.0777. The zero-order chi connectivity index (χ0) is 19.9. The second-order valence-corrected chi connectivity index (χ2v) is 6.94. The molecule has 1 atom stereocenters. The number of amidine groups is 1. The third-order valence-electron chi connectivity index (χ3n) is 3.77. The summed E-state index contributed by atoms with van der Waals surface area (Å²) in [7, 11) is 1.59. The van der Waals surface area contributed by atoms with Crippen LogP contribution in [0.5, 0.6) is 5.75 Å². The first-order valence-electron chi connectivity index (χ1n) is 8.32. The number of nitrogens with zero attached hydrogens (tertiary/aromatic N) is 2. The van der Waals surface area contributed by atoms with E-state index in [-0.39, 0.29) is 18.0 Å². The van der Waals surface area contributed by atoms with Gasteiger partial charge in [-0.3, -0.25) is 9.59 Å². The number of amides is 2. The molecule has 2 N–H and O–H groups in total. The molecule has 28 heavy (non-hydrogen) atoms. The van der Waals surface area contributed by atoms with Crippen LogP contribution in [0.4, 0.5) is 10.1 Å². The van der Waals surface area contributed by atoms with Crippen LogP contribution in [0.25, 0.3) is 0 Å². The Kier molecular flexibility index (Phi) is 6.38. The van der Waals surface area contributed by atoms with E-state index in [0.717, 1.165) is 23.1 Å². The highest BCUT2D eigenvalue weighted by Gasteiger charge is 2.32. The minimum atomic E-state index is -0.651. The van der Waals surface area contributed by atoms with E-state index >= 15 is 0 Å². The number of halogens is 1. The molecule has 0 aromatic heterocycles. The summed E-state index contributed by atoms with van der Waals surface area (Å²) < 4.78 is 18.7. The Labute approximate surface area is 165 Å². The van der Waals surface area contributed by atoms with Gasteiger partial charge in [0.2, 0.25) is 11.8 Å². The van der Waals surface area contributed by atoms with Crippen LogP contribution < -0.4 is 15.4 Å². The quantitative estimate of drug-likeness (QED) is 0.576. The highest BCUT2D eigenvalue weighted by molar-refractivity contribution is 8.15. The lowest BCUT2D eigenvalue weighted by Gasteiger charge is -2.07. The standard InChI is InChI=1S/C19H17FN4O3S/c1-27-13-8-6-12(7-9-13)11-21-24-19-23-18(26)16(28-19)10-17(25)22-15-5-3-2-4-14(15)20/h2-9,11,16H,10H2,1H3,(H,22,25)(H,23,24,26)/b21-11-/t16-/m0/s1. The van der Waals surface area contributed by atoms with Crippen molar-refractivity contribution in [3.05, 3.63) is 59.9 Å². The van der Waals surface area contributed by atoms with Gasteiger partial charge in [0.15, 0.2) is 5.17 Å². The smallest absolute Gasteiger partial charge is 0.240 e. The van der Waals surface area contributed by atoms with Crippen LogP contribution in [0.1, 0.15) is 12.0 Å². The van der Waals surface area contributed by atoms with Crippen molar-refractivity contribution in [2.75, 3.05) is 12.4 Å². The van der Waals surface area contributed by atoms with Gasteiger partial charge in [-0.15, -0.1) is 5.10 Å². The molecule has 0 bridgehead atoms. The monoisotopic (exact) mass is 400 g/mol. The van der Waals surface area contributed by atoms with E-state index in [0.29, 0.717) is 5.17 Å². The van der Waals surface area contributed by atoms with Gasteiger partial charge in [0.05, 0.1) is 19.0 Å².